The second-order valence-electron chi connectivity index (χ2n) is 11.0. The minimum Gasteiger partial charge on any atom is -0.372 e. The Bertz CT molecular complexity index is 2000. The van der Waals surface area contributed by atoms with Gasteiger partial charge in [-0.2, -0.15) is 0 Å². The number of hydrogen-bond donors (Lipinski definition) is 0. The molecule has 0 aliphatic carbocycles. The average molecular weight is 621 g/mol. The van der Waals surface area contributed by atoms with E-state index in [1.54, 1.807) is 54.9 Å². The zero-order valence-corrected chi connectivity index (χ0v) is 25.4. The lowest BCUT2D eigenvalue weighted by molar-refractivity contribution is -0.00522. The van der Waals surface area contributed by atoms with Gasteiger partial charge < -0.3 is 14.2 Å². The first-order chi connectivity index (χ1) is 20.5. The van der Waals surface area contributed by atoms with Crippen LogP contribution in [-0.2, 0) is 21.3 Å². The van der Waals surface area contributed by atoms with Crippen LogP contribution in [0.5, 0.6) is 0 Å². The van der Waals surface area contributed by atoms with Crippen LogP contribution in [0, 0.1) is 12.7 Å². The van der Waals surface area contributed by atoms with Crippen LogP contribution in [0.25, 0.3) is 22.2 Å². The minimum atomic E-state index is -4.01. The lowest BCUT2D eigenvalue weighted by atomic mass is 10.1. The topological polar surface area (TPSA) is 86.4 Å². The summed E-state index contributed by atoms with van der Waals surface area (Å²) >= 11 is 5.93. The molecule has 1 fully saturated rings. The van der Waals surface area contributed by atoms with E-state index in [4.69, 9.17) is 16.3 Å². The lowest BCUT2D eigenvalue weighted by Gasteiger charge is -2.36. The van der Waals surface area contributed by atoms with E-state index < -0.39 is 15.8 Å². The standard InChI is InChI=1S/C32H30ClFN4O4S/c1-20-7-9-26(10-8-20)43(40,41)38-19-28(27-14-25(15-35-32(27)38)37-16-21(2)42-22(3)17-37)23-11-12-36(30(39)13-23)18-24-5-4-6-29(33)31(24)34/h4-15,19,21-22H,16-18H2,1-3H3. The van der Waals surface area contributed by atoms with Crippen molar-refractivity contribution in [3.8, 4) is 11.1 Å². The van der Waals surface area contributed by atoms with Gasteiger partial charge in [-0.05, 0) is 56.7 Å². The molecule has 3 aromatic heterocycles. The predicted molar refractivity (Wildman–Crippen MR) is 166 cm³/mol. The smallest absolute Gasteiger partial charge is 0.269 e. The summed E-state index contributed by atoms with van der Waals surface area (Å²) in [7, 11) is -4.01. The Morgan fingerprint density at radius 2 is 1.77 bits per heavy atom. The van der Waals surface area contributed by atoms with E-state index in [2.05, 4.69) is 9.88 Å². The van der Waals surface area contributed by atoms with Crippen molar-refractivity contribution in [3.05, 3.63) is 112 Å². The van der Waals surface area contributed by atoms with Crippen molar-refractivity contribution in [3.63, 3.8) is 0 Å². The van der Waals surface area contributed by atoms with Gasteiger partial charge in [-0.25, -0.2) is 21.8 Å². The summed E-state index contributed by atoms with van der Waals surface area (Å²) in [6, 6.07) is 16.3. The number of benzene rings is 2. The molecule has 0 saturated carbocycles. The maximum atomic E-state index is 14.5. The van der Waals surface area contributed by atoms with Crippen LogP contribution in [0.1, 0.15) is 25.0 Å². The number of aromatic nitrogens is 3. The molecule has 222 valence electrons. The molecule has 1 aliphatic heterocycles. The number of fused-ring (bicyclic) bond motifs is 1. The molecule has 0 spiro atoms. The van der Waals surface area contributed by atoms with Crippen LogP contribution in [0.4, 0.5) is 10.1 Å². The molecule has 0 radical (unpaired) electrons. The third-order valence-electron chi connectivity index (χ3n) is 7.64. The number of rotatable bonds is 6. The number of nitrogens with zero attached hydrogens (tertiary/aromatic N) is 4. The fourth-order valence-electron chi connectivity index (χ4n) is 5.53. The number of aryl methyl sites for hydroxylation is 1. The molecule has 4 heterocycles. The molecule has 0 amide bonds. The highest BCUT2D eigenvalue weighted by Crippen LogP contribution is 2.34. The molecule has 2 atom stereocenters. The van der Waals surface area contributed by atoms with Crippen LogP contribution in [0.3, 0.4) is 0 Å². The van der Waals surface area contributed by atoms with Crippen LogP contribution in [0.15, 0.2) is 88.9 Å². The molecular weight excluding hydrogens is 591 g/mol. The molecule has 2 unspecified atom stereocenters. The van der Waals surface area contributed by atoms with E-state index in [9.17, 15) is 17.6 Å². The Kier molecular flexibility index (Phi) is 7.62. The maximum absolute atomic E-state index is 14.5. The van der Waals surface area contributed by atoms with Gasteiger partial charge in [0.15, 0.2) is 5.65 Å². The fraction of sp³-hybridized carbons (Fsp3) is 0.250. The molecule has 2 aromatic carbocycles. The Hall–Kier alpha value is -3.99. The van der Waals surface area contributed by atoms with E-state index in [-0.39, 0.29) is 45.4 Å². The number of halogens is 2. The van der Waals surface area contributed by atoms with E-state index >= 15 is 0 Å². The fourth-order valence-corrected chi connectivity index (χ4v) is 7.05. The van der Waals surface area contributed by atoms with Crippen LogP contribution < -0.4 is 10.5 Å². The van der Waals surface area contributed by atoms with E-state index in [1.807, 2.05) is 26.8 Å². The number of anilines is 1. The Morgan fingerprint density at radius 3 is 2.47 bits per heavy atom. The van der Waals surface area contributed by atoms with Gasteiger partial charge in [-0.3, -0.25) is 4.79 Å². The highest BCUT2D eigenvalue weighted by molar-refractivity contribution is 7.90. The first-order valence-electron chi connectivity index (χ1n) is 13.9. The van der Waals surface area contributed by atoms with Crippen molar-refractivity contribution in [1.29, 1.82) is 0 Å². The summed E-state index contributed by atoms with van der Waals surface area (Å²) in [5, 5.41) is 0.565. The Morgan fingerprint density at radius 1 is 1.05 bits per heavy atom. The van der Waals surface area contributed by atoms with Crippen molar-refractivity contribution in [2.75, 3.05) is 18.0 Å². The molecule has 8 nitrogen and oxygen atoms in total. The zero-order chi connectivity index (χ0) is 30.5. The summed E-state index contributed by atoms with van der Waals surface area (Å²) in [4.78, 5) is 20.2. The van der Waals surface area contributed by atoms with Crippen molar-refractivity contribution >= 4 is 38.3 Å². The normalized spacial score (nSPS) is 17.5. The summed E-state index contributed by atoms with van der Waals surface area (Å²) in [5.74, 6) is -0.574. The molecule has 11 heteroatoms. The lowest BCUT2D eigenvalue weighted by Crippen LogP contribution is -2.45. The number of pyridine rings is 2. The van der Waals surface area contributed by atoms with Crippen molar-refractivity contribution < 1.29 is 17.5 Å². The highest BCUT2D eigenvalue weighted by Gasteiger charge is 2.26. The molecule has 6 rings (SSSR count). The monoisotopic (exact) mass is 620 g/mol. The van der Waals surface area contributed by atoms with E-state index in [1.165, 1.54) is 26.9 Å². The molecule has 43 heavy (non-hydrogen) atoms. The Labute approximate surface area is 254 Å². The molecule has 1 aliphatic rings. The quantitative estimate of drug-likeness (QED) is 0.236. The van der Waals surface area contributed by atoms with Crippen molar-refractivity contribution in [2.24, 2.45) is 0 Å². The van der Waals surface area contributed by atoms with Crippen LogP contribution in [0.2, 0.25) is 5.02 Å². The molecule has 0 N–H and O–H groups in total. The molecule has 0 bridgehead atoms. The van der Waals surface area contributed by atoms with Gasteiger partial charge in [0.05, 0.1) is 40.6 Å². The van der Waals surface area contributed by atoms with Crippen LogP contribution >= 0.6 is 11.6 Å². The summed E-state index contributed by atoms with van der Waals surface area (Å²) in [5.41, 5.74) is 2.97. The van der Waals surface area contributed by atoms with Gasteiger partial charge >= 0.3 is 0 Å². The SMILES string of the molecule is Cc1ccc(S(=O)(=O)n2cc(-c3ccn(Cc4cccc(Cl)c4F)c(=O)c3)c3cc(N4CC(C)OC(C)C4)cnc32)cc1. The first-order valence-corrected chi connectivity index (χ1v) is 15.7. The third kappa shape index (κ3) is 5.58. The zero-order valence-electron chi connectivity index (χ0n) is 23.9. The van der Waals surface area contributed by atoms with Crippen molar-refractivity contribution in [1.82, 2.24) is 13.5 Å². The molecule has 5 aromatic rings. The van der Waals surface area contributed by atoms with Gasteiger partial charge in [0.2, 0.25) is 0 Å². The van der Waals surface area contributed by atoms with Gasteiger partial charge in [0.25, 0.3) is 15.6 Å². The summed E-state index contributed by atoms with van der Waals surface area (Å²) in [6.45, 7) is 7.22. The van der Waals surface area contributed by atoms with Crippen molar-refractivity contribution in [2.45, 2.75) is 44.4 Å². The maximum Gasteiger partial charge on any atom is 0.269 e. The second-order valence-corrected chi connectivity index (χ2v) is 13.2. The first kappa shape index (κ1) is 29.1. The van der Waals surface area contributed by atoms with E-state index in [0.717, 1.165) is 11.3 Å². The minimum absolute atomic E-state index is 0.00578. The van der Waals surface area contributed by atoms with Gasteiger partial charge in [-0.15, -0.1) is 0 Å². The van der Waals surface area contributed by atoms with Gasteiger partial charge in [0, 0.05) is 48.1 Å². The number of morpholine rings is 1. The average Bonchev–Trinajstić information content (AvgIpc) is 3.36. The third-order valence-corrected chi connectivity index (χ3v) is 9.60. The summed E-state index contributed by atoms with van der Waals surface area (Å²) in [6.07, 6.45) is 4.79. The summed E-state index contributed by atoms with van der Waals surface area (Å²) < 4.78 is 50.7. The predicted octanol–water partition coefficient (Wildman–Crippen LogP) is 5.86. The second kappa shape index (κ2) is 11.3. The number of hydrogen-bond acceptors (Lipinski definition) is 6. The van der Waals surface area contributed by atoms with Crippen LogP contribution in [-0.4, -0.2) is 47.2 Å². The van der Waals surface area contributed by atoms with E-state index in [0.29, 0.717) is 29.6 Å². The van der Waals surface area contributed by atoms with Gasteiger partial charge in [-0.1, -0.05) is 41.4 Å². The number of ether oxygens (including phenoxy) is 1. The van der Waals surface area contributed by atoms with Gasteiger partial charge in [0.1, 0.15) is 5.82 Å². The Balaban J connectivity index is 1.48. The molecule has 1 saturated heterocycles. The largest absolute Gasteiger partial charge is 0.372 e. The molecular formula is C32H30ClFN4O4S. The highest BCUT2D eigenvalue weighted by atomic mass is 35.5.